The summed E-state index contributed by atoms with van der Waals surface area (Å²) in [6, 6.07) is 13.9. The first-order chi connectivity index (χ1) is 18.1. The summed E-state index contributed by atoms with van der Waals surface area (Å²) in [5.74, 6) is 1.54. The molecule has 5 rings (SSSR count). The highest BCUT2D eigenvalue weighted by molar-refractivity contribution is 8.18. The van der Waals surface area contributed by atoms with Crippen LogP contribution in [0.3, 0.4) is 0 Å². The van der Waals surface area contributed by atoms with Crippen molar-refractivity contribution >= 4 is 45.4 Å². The van der Waals surface area contributed by atoms with Crippen LogP contribution in [0.5, 0.6) is 17.2 Å². The largest absolute Gasteiger partial charge is 0.493 e. The lowest BCUT2D eigenvalue weighted by atomic mass is 9.94. The first kappa shape index (κ1) is 25.4. The fourth-order valence-corrected chi connectivity index (χ4v) is 6.53. The number of hydrogen-bond donors (Lipinski definition) is 0. The molecule has 1 aliphatic heterocycles. The van der Waals surface area contributed by atoms with Crippen molar-refractivity contribution in [1.29, 1.82) is 0 Å². The van der Waals surface area contributed by atoms with Gasteiger partial charge in [0.25, 0.3) is 5.91 Å². The van der Waals surface area contributed by atoms with Crippen LogP contribution in [0.4, 0.5) is 5.13 Å². The first-order valence-corrected chi connectivity index (χ1v) is 13.9. The molecule has 0 radical (unpaired) electrons. The van der Waals surface area contributed by atoms with Gasteiger partial charge in [0.2, 0.25) is 10.9 Å². The van der Waals surface area contributed by atoms with Crippen molar-refractivity contribution in [2.45, 2.75) is 38.1 Å². The highest BCUT2D eigenvalue weighted by Gasteiger charge is 2.39. The van der Waals surface area contributed by atoms with Gasteiger partial charge < -0.3 is 14.2 Å². The van der Waals surface area contributed by atoms with Crippen molar-refractivity contribution in [3.8, 4) is 28.5 Å². The molecule has 1 saturated carbocycles. The molecule has 37 heavy (non-hydrogen) atoms. The number of aliphatic imine (C=N–C) groups is 1. The molecule has 0 N–H and O–H groups in total. The second-order valence-corrected chi connectivity index (χ2v) is 10.6. The van der Waals surface area contributed by atoms with Crippen LogP contribution in [0, 0.1) is 0 Å². The van der Waals surface area contributed by atoms with E-state index in [2.05, 4.69) is 0 Å². The topological polar surface area (TPSA) is 73.3 Å². The van der Waals surface area contributed by atoms with E-state index in [1.165, 1.54) is 29.5 Å². The number of carbonyl (C=O) groups is 1. The van der Waals surface area contributed by atoms with Gasteiger partial charge in [0.15, 0.2) is 16.7 Å². The maximum atomic E-state index is 13.8. The summed E-state index contributed by atoms with van der Waals surface area (Å²) in [4.78, 5) is 25.8. The summed E-state index contributed by atoms with van der Waals surface area (Å²) >= 11 is 2.87. The monoisotopic (exact) mass is 535 g/mol. The number of hydrogen-bond acceptors (Lipinski definition) is 8. The highest BCUT2D eigenvalue weighted by Crippen LogP contribution is 2.44. The number of aromatic nitrogens is 1. The summed E-state index contributed by atoms with van der Waals surface area (Å²) in [6.45, 7) is 0. The fraction of sp³-hybridized carbons (Fsp3) is 0.321. The van der Waals surface area contributed by atoms with Gasteiger partial charge in [-0.1, -0.05) is 49.6 Å². The normalized spacial score (nSPS) is 18.6. The minimum Gasteiger partial charge on any atom is -0.493 e. The van der Waals surface area contributed by atoms with Gasteiger partial charge in [0.05, 0.1) is 31.9 Å². The van der Waals surface area contributed by atoms with Crippen LogP contribution in [0.25, 0.3) is 17.3 Å². The quantitative estimate of drug-likeness (QED) is 0.311. The van der Waals surface area contributed by atoms with E-state index in [4.69, 9.17) is 24.2 Å². The number of amidine groups is 1. The first-order valence-electron chi connectivity index (χ1n) is 12.2. The second-order valence-electron chi connectivity index (χ2n) is 8.78. The van der Waals surface area contributed by atoms with E-state index >= 15 is 0 Å². The minimum absolute atomic E-state index is 0.0349. The predicted molar refractivity (Wildman–Crippen MR) is 150 cm³/mol. The summed E-state index contributed by atoms with van der Waals surface area (Å²) < 4.78 is 16.6. The Morgan fingerprint density at radius 2 is 1.73 bits per heavy atom. The molecule has 1 amide bonds. The van der Waals surface area contributed by atoms with Gasteiger partial charge in [-0.2, -0.15) is 4.99 Å². The molecule has 0 bridgehead atoms. The van der Waals surface area contributed by atoms with E-state index in [0.717, 1.165) is 42.5 Å². The van der Waals surface area contributed by atoms with Crippen molar-refractivity contribution in [2.24, 2.45) is 4.99 Å². The van der Waals surface area contributed by atoms with E-state index in [9.17, 15) is 4.79 Å². The van der Waals surface area contributed by atoms with Gasteiger partial charge in [-0.15, -0.1) is 11.3 Å². The van der Waals surface area contributed by atoms with Gasteiger partial charge in [0.1, 0.15) is 0 Å². The molecular weight excluding hydrogens is 506 g/mol. The molecule has 9 heteroatoms. The number of thiazole rings is 1. The fourth-order valence-electron chi connectivity index (χ4n) is 4.74. The van der Waals surface area contributed by atoms with Crippen molar-refractivity contribution in [2.75, 3.05) is 21.3 Å². The number of carbonyl (C=O) groups excluding carboxylic acids is 1. The van der Waals surface area contributed by atoms with Crippen LogP contribution in [0.1, 0.15) is 37.7 Å². The molecule has 2 fully saturated rings. The molecule has 2 heterocycles. The Morgan fingerprint density at radius 3 is 2.43 bits per heavy atom. The Kier molecular flexibility index (Phi) is 7.81. The van der Waals surface area contributed by atoms with Gasteiger partial charge in [-0.05, 0) is 42.8 Å². The molecule has 1 saturated heterocycles. The Bertz CT molecular complexity index is 1330. The van der Waals surface area contributed by atoms with E-state index in [0.29, 0.717) is 32.5 Å². The van der Waals surface area contributed by atoms with Crippen molar-refractivity contribution in [3.05, 3.63) is 58.3 Å². The van der Waals surface area contributed by atoms with Gasteiger partial charge in [0, 0.05) is 22.5 Å². The number of rotatable bonds is 7. The summed E-state index contributed by atoms with van der Waals surface area (Å²) in [6.07, 6.45) is 7.24. The van der Waals surface area contributed by atoms with E-state index < -0.39 is 0 Å². The smallest absolute Gasteiger partial charge is 0.267 e. The van der Waals surface area contributed by atoms with Crippen LogP contribution in [-0.4, -0.2) is 48.3 Å². The van der Waals surface area contributed by atoms with Crippen LogP contribution in [0.15, 0.2) is 57.7 Å². The molecule has 192 valence electrons. The van der Waals surface area contributed by atoms with E-state index in [-0.39, 0.29) is 11.9 Å². The number of nitrogens with zero attached hydrogens (tertiary/aromatic N) is 3. The average molecular weight is 536 g/mol. The van der Waals surface area contributed by atoms with Crippen molar-refractivity contribution in [1.82, 2.24) is 9.88 Å². The number of methoxy groups -OCH3 is 3. The molecular formula is C28H29N3O4S2. The SMILES string of the molecule is COc1ccc(/C=C2\S/C(=N/c3nc(-c4ccccc4)cs3)N(C3CCCCC3)C2=O)c(OC)c1OC. The Balaban J connectivity index is 1.52. The molecule has 2 aliphatic rings. The maximum absolute atomic E-state index is 13.8. The molecule has 1 aliphatic carbocycles. The number of ether oxygens (including phenoxy) is 3. The third kappa shape index (κ3) is 5.24. The van der Waals surface area contributed by atoms with Crippen molar-refractivity contribution in [3.63, 3.8) is 0 Å². The molecule has 2 aromatic carbocycles. The molecule has 1 aromatic heterocycles. The van der Waals surface area contributed by atoms with Crippen LogP contribution in [-0.2, 0) is 4.79 Å². The lowest BCUT2D eigenvalue weighted by molar-refractivity contribution is -0.124. The maximum Gasteiger partial charge on any atom is 0.267 e. The van der Waals surface area contributed by atoms with Crippen LogP contribution >= 0.6 is 23.1 Å². The lowest BCUT2D eigenvalue weighted by Gasteiger charge is -2.30. The number of benzene rings is 2. The Morgan fingerprint density at radius 1 is 0.973 bits per heavy atom. The molecule has 7 nitrogen and oxygen atoms in total. The third-order valence-corrected chi connectivity index (χ3v) is 8.27. The summed E-state index contributed by atoms with van der Waals surface area (Å²) in [5, 5.41) is 3.32. The number of thioether (sulfide) groups is 1. The minimum atomic E-state index is -0.0349. The average Bonchev–Trinajstić information content (AvgIpc) is 3.53. The summed E-state index contributed by atoms with van der Waals surface area (Å²) in [7, 11) is 4.73. The van der Waals surface area contributed by atoms with Crippen LogP contribution < -0.4 is 14.2 Å². The van der Waals surface area contributed by atoms with Crippen molar-refractivity contribution < 1.29 is 19.0 Å². The molecule has 0 atom stereocenters. The van der Waals surface area contributed by atoms with E-state index in [1.54, 1.807) is 21.3 Å². The Labute approximate surface area is 225 Å². The van der Waals surface area contributed by atoms with Gasteiger partial charge in [-0.25, -0.2) is 4.98 Å². The zero-order valence-electron chi connectivity index (χ0n) is 21.1. The standard InChI is InChI=1S/C28H29N3O4S2/c1-33-22-15-14-19(24(34-2)25(22)35-3)16-23-26(32)31(20-12-8-5-9-13-20)28(37-23)30-27-29-21(17-36-27)18-10-6-4-7-11-18/h4,6-7,10-11,14-17,20H,5,8-9,12-13H2,1-3H3/b23-16-,30-28+. The van der Waals surface area contributed by atoms with Gasteiger partial charge in [-0.3, -0.25) is 9.69 Å². The molecule has 0 unspecified atom stereocenters. The lowest BCUT2D eigenvalue weighted by Crippen LogP contribution is -2.40. The van der Waals surface area contributed by atoms with Gasteiger partial charge >= 0.3 is 0 Å². The second kappa shape index (κ2) is 11.4. The highest BCUT2D eigenvalue weighted by atomic mass is 32.2. The number of amides is 1. The van der Waals surface area contributed by atoms with Crippen LogP contribution in [0.2, 0.25) is 0 Å². The summed E-state index contributed by atoms with van der Waals surface area (Å²) in [5.41, 5.74) is 2.67. The third-order valence-electron chi connectivity index (χ3n) is 6.55. The Hall–Kier alpha value is -3.30. The van der Waals surface area contributed by atoms with E-state index in [1.807, 2.05) is 58.8 Å². The molecule has 3 aromatic rings. The predicted octanol–water partition coefficient (Wildman–Crippen LogP) is 6.77. The zero-order valence-corrected chi connectivity index (χ0v) is 22.7. The molecule has 0 spiro atoms. The zero-order chi connectivity index (χ0) is 25.8.